The van der Waals surface area contributed by atoms with Crippen LogP contribution in [-0.2, 0) is 6.42 Å². The Hall–Kier alpha value is -1.98. The second-order valence-corrected chi connectivity index (χ2v) is 6.92. The summed E-state index contributed by atoms with van der Waals surface area (Å²) in [4.78, 5) is 14.3. The molecular formula is C19H18IN3OS. The number of thiocarbonyl (C=S) groups is 1. The van der Waals surface area contributed by atoms with E-state index in [9.17, 15) is 4.79 Å². The molecule has 2 aromatic carbocycles. The normalized spacial score (nSPS) is 9.92. The average Bonchev–Trinajstić information content (AvgIpc) is 2.62. The van der Waals surface area contributed by atoms with Crippen molar-refractivity contribution < 1.29 is 4.79 Å². The smallest absolute Gasteiger partial charge is 0.258 e. The van der Waals surface area contributed by atoms with Crippen molar-refractivity contribution in [1.29, 1.82) is 5.26 Å². The van der Waals surface area contributed by atoms with Crippen molar-refractivity contribution in [3.63, 3.8) is 0 Å². The summed E-state index contributed by atoms with van der Waals surface area (Å²) in [5.74, 6) is -0.225. The van der Waals surface area contributed by atoms with E-state index in [2.05, 4.69) is 46.1 Å². The van der Waals surface area contributed by atoms with Crippen molar-refractivity contribution in [2.75, 3.05) is 13.1 Å². The number of amides is 1. The van der Waals surface area contributed by atoms with Crippen LogP contribution in [0.4, 0.5) is 0 Å². The van der Waals surface area contributed by atoms with Gasteiger partial charge < -0.3 is 4.90 Å². The van der Waals surface area contributed by atoms with Crippen molar-refractivity contribution in [2.24, 2.45) is 0 Å². The van der Waals surface area contributed by atoms with Gasteiger partial charge in [-0.05, 0) is 58.9 Å². The Labute approximate surface area is 167 Å². The summed E-state index contributed by atoms with van der Waals surface area (Å²) >= 11 is 7.53. The second kappa shape index (κ2) is 10.1. The highest BCUT2D eigenvalue weighted by Crippen LogP contribution is 2.11. The number of benzene rings is 2. The molecule has 0 saturated heterocycles. The molecule has 128 valence electrons. The summed E-state index contributed by atoms with van der Waals surface area (Å²) in [6.07, 6.45) is 1.15. The molecule has 6 heteroatoms. The Kier molecular flexibility index (Phi) is 7.82. The Morgan fingerprint density at radius 2 is 1.80 bits per heavy atom. The van der Waals surface area contributed by atoms with Crippen molar-refractivity contribution in [1.82, 2.24) is 10.2 Å². The molecule has 0 radical (unpaired) electrons. The van der Waals surface area contributed by atoms with Gasteiger partial charge in [0.15, 0.2) is 5.11 Å². The molecule has 2 rings (SSSR count). The number of hydrogen-bond acceptors (Lipinski definition) is 3. The Balaban J connectivity index is 2.01. The summed E-state index contributed by atoms with van der Waals surface area (Å²) in [6.45, 7) is 1.14. The van der Waals surface area contributed by atoms with Crippen molar-refractivity contribution in [2.45, 2.75) is 12.8 Å². The maximum Gasteiger partial charge on any atom is 0.258 e. The van der Waals surface area contributed by atoms with Gasteiger partial charge in [0.2, 0.25) is 0 Å². The number of nitrogens with one attached hydrogen (secondary N) is 1. The number of carbonyl (C=O) groups is 1. The fraction of sp³-hybridized carbons (Fsp3) is 0.211. The van der Waals surface area contributed by atoms with Crippen LogP contribution in [0.15, 0.2) is 54.6 Å². The molecule has 0 aromatic heterocycles. The highest BCUT2D eigenvalue weighted by molar-refractivity contribution is 14.1. The first-order chi connectivity index (χ1) is 12.1. The number of rotatable bonds is 6. The van der Waals surface area contributed by atoms with Gasteiger partial charge in [-0.25, -0.2) is 0 Å². The fourth-order valence-corrected chi connectivity index (χ4v) is 3.21. The van der Waals surface area contributed by atoms with Crippen LogP contribution >= 0.6 is 34.8 Å². The molecular weight excluding hydrogens is 445 g/mol. The van der Waals surface area contributed by atoms with Gasteiger partial charge >= 0.3 is 0 Å². The van der Waals surface area contributed by atoms with Crippen molar-refractivity contribution in [3.05, 3.63) is 69.3 Å². The van der Waals surface area contributed by atoms with Gasteiger partial charge in [-0.3, -0.25) is 10.1 Å². The van der Waals surface area contributed by atoms with E-state index in [1.54, 1.807) is 6.07 Å². The first-order valence-electron chi connectivity index (χ1n) is 7.87. The maximum absolute atomic E-state index is 12.4. The molecule has 0 fully saturated rings. The van der Waals surface area contributed by atoms with Gasteiger partial charge in [0.05, 0.1) is 18.1 Å². The maximum atomic E-state index is 12.4. The predicted octanol–water partition coefficient (Wildman–Crippen LogP) is 3.76. The molecule has 0 spiro atoms. The van der Waals surface area contributed by atoms with E-state index in [1.807, 2.05) is 41.3 Å². The SMILES string of the molecule is N#CCCN(CCc1ccccc1)C(=S)NC(=O)c1ccccc1I. The molecule has 0 heterocycles. The van der Waals surface area contributed by atoms with Crippen LogP contribution < -0.4 is 5.32 Å². The lowest BCUT2D eigenvalue weighted by molar-refractivity contribution is 0.0972. The van der Waals surface area contributed by atoms with Crippen LogP contribution in [0.2, 0.25) is 0 Å². The van der Waals surface area contributed by atoms with E-state index in [-0.39, 0.29) is 5.91 Å². The van der Waals surface area contributed by atoms with Gasteiger partial charge in [-0.2, -0.15) is 5.26 Å². The molecule has 0 bridgehead atoms. The largest absolute Gasteiger partial charge is 0.348 e. The third-order valence-electron chi connectivity index (χ3n) is 3.63. The lowest BCUT2D eigenvalue weighted by atomic mass is 10.1. The summed E-state index contributed by atoms with van der Waals surface area (Å²) in [6, 6.07) is 19.5. The van der Waals surface area contributed by atoms with Crippen molar-refractivity contribution in [3.8, 4) is 6.07 Å². The summed E-state index contributed by atoms with van der Waals surface area (Å²) < 4.78 is 0.869. The second-order valence-electron chi connectivity index (χ2n) is 5.37. The van der Waals surface area contributed by atoms with Crippen LogP contribution in [-0.4, -0.2) is 29.0 Å². The minimum absolute atomic E-state index is 0.225. The van der Waals surface area contributed by atoms with Crippen LogP contribution in [0.1, 0.15) is 22.3 Å². The summed E-state index contributed by atoms with van der Waals surface area (Å²) in [5, 5.41) is 12.0. The zero-order chi connectivity index (χ0) is 18.1. The minimum Gasteiger partial charge on any atom is -0.348 e. The lowest BCUT2D eigenvalue weighted by Gasteiger charge is -2.24. The number of carbonyl (C=O) groups excluding carboxylic acids is 1. The number of nitriles is 1. The van der Waals surface area contributed by atoms with Gasteiger partial charge in [-0.1, -0.05) is 42.5 Å². The third kappa shape index (κ3) is 6.11. The number of hydrogen-bond donors (Lipinski definition) is 1. The van der Waals surface area contributed by atoms with E-state index < -0.39 is 0 Å². The molecule has 0 saturated carbocycles. The van der Waals surface area contributed by atoms with Crippen LogP contribution in [0.5, 0.6) is 0 Å². The average molecular weight is 463 g/mol. The highest BCUT2D eigenvalue weighted by atomic mass is 127. The van der Waals surface area contributed by atoms with Gasteiger partial charge in [0, 0.05) is 16.7 Å². The molecule has 0 aliphatic heterocycles. The Bertz CT molecular complexity index is 774. The van der Waals surface area contributed by atoms with E-state index in [0.717, 1.165) is 9.99 Å². The Morgan fingerprint density at radius 1 is 1.12 bits per heavy atom. The van der Waals surface area contributed by atoms with Gasteiger partial charge in [0.1, 0.15) is 0 Å². The van der Waals surface area contributed by atoms with Gasteiger partial charge in [0.25, 0.3) is 5.91 Å². The standard InChI is InChI=1S/C19H18IN3OS/c20-17-10-5-4-9-16(17)18(24)22-19(25)23(13-6-12-21)14-11-15-7-2-1-3-8-15/h1-5,7-10H,6,11,13-14H2,(H,22,24,25). The quantitative estimate of drug-likeness (QED) is 0.524. The summed E-state index contributed by atoms with van der Waals surface area (Å²) in [5.41, 5.74) is 1.78. The zero-order valence-corrected chi connectivity index (χ0v) is 16.6. The zero-order valence-electron chi connectivity index (χ0n) is 13.6. The predicted molar refractivity (Wildman–Crippen MR) is 111 cm³/mol. The van der Waals surface area contributed by atoms with E-state index in [1.165, 1.54) is 5.56 Å². The monoisotopic (exact) mass is 463 g/mol. The van der Waals surface area contributed by atoms with E-state index >= 15 is 0 Å². The van der Waals surface area contributed by atoms with E-state index in [0.29, 0.717) is 30.2 Å². The lowest BCUT2D eigenvalue weighted by Crippen LogP contribution is -2.44. The number of nitrogens with zero attached hydrogens (tertiary/aromatic N) is 2. The first-order valence-corrected chi connectivity index (χ1v) is 9.36. The fourth-order valence-electron chi connectivity index (χ4n) is 2.30. The van der Waals surface area contributed by atoms with Crippen LogP contribution in [0.3, 0.4) is 0 Å². The molecule has 0 unspecified atom stereocenters. The Morgan fingerprint density at radius 3 is 2.48 bits per heavy atom. The van der Waals surface area contributed by atoms with Crippen molar-refractivity contribution >= 4 is 45.8 Å². The molecule has 1 N–H and O–H groups in total. The minimum atomic E-state index is -0.225. The molecule has 0 aliphatic carbocycles. The summed E-state index contributed by atoms with van der Waals surface area (Å²) in [7, 11) is 0. The van der Waals surface area contributed by atoms with E-state index in [4.69, 9.17) is 17.5 Å². The molecule has 1 amide bonds. The topological polar surface area (TPSA) is 56.1 Å². The number of halogens is 1. The van der Waals surface area contributed by atoms with Crippen LogP contribution in [0.25, 0.3) is 0 Å². The molecule has 4 nitrogen and oxygen atoms in total. The highest BCUT2D eigenvalue weighted by Gasteiger charge is 2.15. The first kappa shape index (κ1) is 19.3. The van der Waals surface area contributed by atoms with Gasteiger partial charge in [-0.15, -0.1) is 0 Å². The molecule has 0 atom stereocenters. The molecule has 25 heavy (non-hydrogen) atoms. The third-order valence-corrected chi connectivity index (χ3v) is 4.93. The molecule has 0 aliphatic rings. The molecule has 2 aromatic rings. The van der Waals surface area contributed by atoms with Crippen LogP contribution in [0, 0.1) is 14.9 Å².